The van der Waals surface area contributed by atoms with E-state index in [2.05, 4.69) is 5.32 Å². The van der Waals surface area contributed by atoms with Crippen LogP contribution >= 0.6 is 23.2 Å². The Morgan fingerprint density at radius 1 is 0.846 bits per heavy atom. The molecule has 2 bridgehead atoms. The van der Waals surface area contributed by atoms with Crippen LogP contribution in [-0.4, -0.2) is 33.6 Å². The van der Waals surface area contributed by atoms with Crippen LogP contribution in [0.2, 0.25) is 0 Å². The molecule has 0 radical (unpaired) electrons. The predicted octanol–water partition coefficient (Wildman–Crippen LogP) is 5.15. The summed E-state index contributed by atoms with van der Waals surface area (Å²) in [5.41, 5.74) is 2.90. The summed E-state index contributed by atoms with van der Waals surface area (Å²) in [5.74, 6) is -4.16. The van der Waals surface area contributed by atoms with Crippen molar-refractivity contribution in [3.8, 4) is 0 Å². The van der Waals surface area contributed by atoms with Crippen molar-refractivity contribution >= 4 is 52.3 Å². The number of imide groups is 1. The summed E-state index contributed by atoms with van der Waals surface area (Å²) in [4.78, 5) is 50.8. The molecule has 1 fully saturated rings. The summed E-state index contributed by atoms with van der Waals surface area (Å²) in [6.07, 6.45) is 0. The molecule has 10 heteroatoms. The van der Waals surface area contributed by atoms with Gasteiger partial charge in [0, 0.05) is 17.8 Å². The average Bonchev–Trinajstić information content (AvgIpc) is 3.18. The maximum absolute atomic E-state index is 14.2. The average molecular weight is 564 g/mol. The first-order chi connectivity index (χ1) is 18.5. The van der Waals surface area contributed by atoms with E-state index < -0.39 is 56.2 Å². The third kappa shape index (κ3) is 3.28. The number of benzene rings is 3. The summed E-state index contributed by atoms with van der Waals surface area (Å²) >= 11 is 14.9. The number of rotatable bonds is 5. The van der Waals surface area contributed by atoms with Gasteiger partial charge in [0.1, 0.15) is 15.8 Å². The molecule has 0 aromatic heterocycles. The van der Waals surface area contributed by atoms with Crippen molar-refractivity contribution in [3.05, 3.63) is 105 Å². The third-order valence-corrected chi connectivity index (χ3v) is 9.43. The van der Waals surface area contributed by atoms with Crippen molar-refractivity contribution in [1.82, 2.24) is 4.90 Å². The van der Waals surface area contributed by atoms with Crippen molar-refractivity contribution < 1.29 is 19.3 Å². The number of alkyl halides is 2. The Bertz CT molecular complexity index is 1450. The molecule has 3 amide bonds. The molecule has 0 saturated carbocycles. The number of hydrogen-bond acceptors (Lipinski definition) is 5. The maximum Gasteiger partial charge on any atom is 0.269 e. The highest BCUT2D eigenvalue weighted by Gasteiger charge is 2.73. The number of amides is 3. The summed E-state index contributed by atoms with van der Waals surface area (Å²) in [6, 6.07) is 18.8. The Labute approximate surface area is 234 Å². The van der Waals surface area contributed by atoms with Crippen LogP contribution in [-0.2, 0) is 24.1 Å². The van der Waals surface area contributed by atoms with Crippen LogP contribution in [0.5, 0.6) is 0 Å². The Balaban J connectivity index is 1.44. The monoisotopic (exact) mass is 563 g/mol. The second-order valence-corrected chi connectivity index (χ2v) is 11.7. The van der Waals surface area contributed by atoms with Crippen LogP contribution in [0, 0.1) is 27.9 Å². The van der Waals surface area contributed by atoms with Gasteiger partial charge in [0.05, 0.1) is 16.8 Å². The van der Waals surface area contributed by atoms with Gasteiger partial charge in [-0.2, -0.15) is 0 Å². The van der Waals surface area contributed by atoms with Crippen molar-refractivity contribution in [1.29, 1.82) is 0 Å². The summed E-state index contributed by atoms with van der Waals surface area (Å²) in [6.45, 7) is 3.49. The molecule has 1 N–H and O–H groups in total. The van der Waals surface area contributed by atoms with Crippen molar-refractivity contribution in [2.24, 2.45) is 17.8 Å². The van der Waals surface area contributed by atoms with Gasteiger partial charge in [-0.3, -0.25) is 29.4 Å². The van der Waals surface area contributed by atoms with Gasteiger partial charge in [-0.1, -0.05) is 62.4 Å². The van der Waals surface area contributed by atoms with Crippen LogP contribution in [0.25, 0.3) is 0 Å². The van der Waals surface area contributed by atoms with Gasteiger partial charge in [0.25, 0.3) is 5.69 Å². The SMILES string of the molecule is CC(C)[C@@H](C(=O)Nc1ccc([N+](=O)[O-])cc1)N1C(=O)[C@@H]2[C@@H](C1=O)C1(Cl)c3ccccc3C2(Cl)c2ccccc21. The highest BCUT2D eigenvalue weighted by atomic mass is 35.5. The lowest BCUT2D eigenvalue weighted by atomic mass is 9.54. The first-order valence-corrected chi connectivity index (χ1v) is 13.3. The standard InChI is InChI=1S/C29H23Cl2N3O5/c1-15(2)24(25(35)32-16-11-13-17(14-12-16)34(38)39)33-26(36)22-23(27(33)37)29(31)19-8-4-3-7-18(19)28(22,30)20-9-5-6-10-21(20)29/h3-15,22-24H,1-2H3,(H,32,35)/t22-,23-,24-,28?,29?/m0/s1. The van der Waals surface area contributed by atoms with E-state index in [-0.39, 0.29) is 5.69 Å². The van der Waals surface area contributed by atoms with Gasteiger partial charge in [0.2, 0.25) is 17.7 Å². The Hall–Kier alpha value is -3.75. The van der Waals surface area contributed by atoms with Gasteiger partial charge in [-0.05, 0) is 40.3 Å². The fraction of sp³-hybridized carbons (Fsp3) is 0.276. The number of anilines is 1. The number of nitro groups is 1. The number of nitro benzene ring substituents is 1. The molecular formula is C29H23Cl2N3O5. The highest BCUT2D eigenvalue weighted by molar-refractivity contribution is 6.36. The van der Waals surface area contributed by atoms with E-state index in [0.29, 0.717) is 27.9 Å². The number of carbonyl (C=O) groups excluding carboxylic acids is 3. The van der Waals surface area contributed by atoms with E-state index in [1.807, 2.05) is 48.5 Å². The summed E-state index contributed by atoms with van der Waals surface area (Å²) in [5, 5.41) is 13.7. The second-order valence-electron chi connectivity index (χ2n) is 10.5. The first kappa shape index (κ1) is 25.5. The number of hydrogen-bond donors (Lipinski definition) is 1. The number of halogens is 2. The van der Waals surface area contributed by atoms with Crippen LogP contribution in [0.15, 0.2) is 72.8 Å². The number of carbonyl (C=O) groups is 3. The van der Waals surface area contributed by atoms with Crippen LogP contribution in [0.4, 0.5) is 11.4 Å². The zero-order valence-electron chi connectivity index (χ0n) is 20.9. The second kappa shape index (κ2) is 8.63. The van der Waals surface area contributed by atoms with Gasteiger partial charge in [-0.25, -0.2) is 0 Å². The summed E-state index contributed by atoms with van der Waals surface area (Å²) < 4.78 is 0. The van der Waals surface area contributed by atoms with Crippen molar-refractivity contribution in [3.63, 3.8) is 0 Å². The fourth-order valence-corrected chi connectivity index (χ4v) is 7.66. The molecule has 39 heavy (non-hydrogen) atoms. The smallest absolute Gasteiger partial charge is 0.269 e. The lowest BCUT2D eigenvalue weighted by molar-refractivity contribution is -0.384. The predicted molar refractivity (Wildman–Crippen MR) is 145 cm³/mol. The van der Waals surface area contributed by atoms with Crippen molar-refractivity contribution in [2.45, 2.75) is 29.6 Å². The Morgan fingerprint density at radius 2 is 1.26 bits per heavy atom. The van der Waals surface area contributed by atoms with E-state index in [9.17, 15) is 24.5 Å². The third-order valence-electron chi connectivity index (χ3n) is 8.14. The first-order valence-electron chi connectivity index (χ1n) is 12.5. The Morgan fingerprint density at radius 3 is 1.62 bits per heavy atom. The summed E-state index contributed by atoms with van der Waals surface area (Å²) in [7, 11) is 0. The Kier molecular flexibility index (Phi) is 5.65. The van der Waals surface area contributed by atoms with E-state index in [0.717, 1.165) is 4.90 Å². The normalized spacial score (nSPS) is 27.2. The minimum Gasteiger partial charge on any atom is -0.324 e. The molecule has 3 aliphatic carbocycles. The quantitative estimate of drug-likeness (QED) is 0.200. The highest BCUT2D eigenvalue weighted by Crippen LogP contribution is 2.69. The molecule has 1 aliphatic heterocycles. The van der Waals surface area contributed by atoms with Crippen LogP contribution < -0.4 is 5.32 Å². The molecule has 7 rings (SSSR count). The van der Waals surface area contributed by atoms with Gasteiger partial charge in [-0.15, -0.1) is 23.2 Å². The molecular weight excluding hydrogens is 541 g/mol. The van der Waals surface area contributed by atoms with Gasteiger partial charge < -0.3 is 5.32 Å². The fourth-order valence-electron chi connectivity index (χ4n) is 6.56. The van der Waals surface area contributed by atoms with Crippen LogP contribution in [0.3, 0.4) is 0 Å². The number of likely N-dealkylation sites (tertiary alicyclic amines) is 1. The zero-order chi connectivity index (χ0) is 27.9. The molecule has 3 aromatic rings. The van der Waals surface area contributed by atoms with E-state index >= 15 is 0 Å². The number of nitrogens with zero attached hydrogens (tertiary/aromatic N) is 2. The molecule has 1 saturated heterocycles. The lowest BCUT2D eigenvalue weighted by Crippen LogP contribution is -2.57. The molecule has 4 aliphatic rings. The zero-order valence-corrected chi connectivity index (χ0v) is 22.4. The largest absolute Gasteiger partial charge is 0.324 e. The number of nitrogens with one attached hydrogen (secondary N) is 1. The lowest BCUT2D eigenvalue weighted by Gasteiger charge is -2.54. The topological polar surface area (TPSA) is 110 Å². The maximum atomic E-state index is 14.2. The molecule has 0 unspecified atom stereocenters. The van der Waals surface area contributed by atoms with E-state index in [4.69, 9.17) is 23.2 Å². The molecule has 198 valence electrons. The molecule has 3 atom stereocenters. The minimum absolute atomic E-state index is 0.128. The molecule has 3 aromatic carbocycles. The van der Waals surface area contributed by atoms with Gasteiger partial charge in [0.15, 0.2) is 0 Å². The van der Waals surface area contributed by atoms with E-state index in [1.54, 1.807) is 13.8 Å². The minimum atomic E-state index is -1.34. The van der Waals surface area contributed by atoms with E-state index in [1.165, 1.54) is 24.3 Å². The van der Waals surface area contributed by atoms with Gasteiger partial charge >= 0.3 is 0 Å². The number of non-ortho nitro benzene ring substituents is 1. The molecule has 0 spiro atoms. The van der Waals surface area contributed by atoms with Crippen molar-refractivity contribution in [2.75, 3.05) is 5.32 Å². The molecule has 8 nitrogen and oxygen atoms in total. The van der Waals surface area contributed by atoms with Crippen LogP contribution in [0.1, 0.15) is 36.1 Å². The molecule has 1 heterocycles.